The molecule has 0 amide bonds. The summed E-state index contributed by atoms with van der Waals surface area (Å²) in [6.45, 7) is 12.9. The molecule has 1 saturated heterocycles. The molecule has 3 rings (SSSR count). The van der Waals surface area contributed by atoms with Gasteiger partial charge in [0.25, 0.3) is 0 Å². The van der Waals surface area contributed by atoms with Crippen molar-refractivity contribution in [3.63, 3.8) is 0 Å². The zero-order valence-corrected chi connectivity index (χ0v) is 19.4. The Morgan fingerprint density at radius 2 is 1.88 bits per heavy atom. The lowest BCUT2D eigenvalue weighted by Gasteiger charge is -2.61. The zero-order chi connectivity index (χ0) is 17.9. The number of nitrogens with one attached hydrogen (secondary N) is 2. The van der Waals surface area contributed by atoms with Crippen molar-refractivity contribution >= 4 is 29.9 Å². The molecule has 3 aliphatic rings. The van der Waals surface area contributed by atoms with E-state index in [0.29, 0.717) is 29.6 Å². The number of halogens is 1. The van der Waals surface area contributed by atoms with Gasteiger partial charge in [0.2, 0.25) is 0 Å². The predicted octanol–water partition coefficient (Wildman–Crippen LogP) is 3.38. The molecule has 3 fully saturated rings. The first kappa shape index (κ1) is 22.2. The minimum absolute atomic E-state index is 0. The summed E-state index contributed by atoms with van der Waals surface area (Å²) in [5.41, 5.74) is 0.382. The van der Waals surface area contributed by atoms with Gasteiger partial charge in [0.15, 0.2) is 5.96 Å². The van der Waals surface area contributed by atoms with E-state index in [4.69, 9.17) is 9.73 Å². The van der Waals surface area contributed by atoms with Crippen LogP contribution < -0.4 is 10.6 Å². The van der Waals surface area contributed by atoms with Gasteiger partial charge >= 0.3 is 0 Å². The number of aliphatic imine (C=N–C) groups is 1. The van der Waals surface area contributed by atoms with E-state index < -0.39 is 0 Å². The summed E-state index contributed by atoms with van der Waals surface area (Å²) in [6.07, 6.45) is 7.97. The van der Waals surface area contributed by atoms with Crippen LogP contribution in [0.3, 0.4) is 0 Å². The van der Waals surface area contributed by atoms with Gasteiger partial charge in [0.05, 0.1) is 6.10 Å². The maximum Gasteiger partial charge on any atom is 0.191 e. The molecule has 2 N–H and O–H groups in total. The molecule has 2 atom stereocenters. The number of guanidine groups is 1. The molecule has 0 bridgehead atoms. The average Bonchev–Trinajstić information content (AvgIpc) is 2.53. The van der Waals surface area contributed by atoms with E-state index in [1.807, 2.05) is 0 Å². The number of likely N-dealkylation sites (tertiary alicyclic amines) is 1. The summed E-state index contributed by atoms with van der Waals surface area (Å²) in [5, 5.41) is 7.48. The number of hydrogen-bond acceptors (Lipinski definition) is 3. The highest BCUT2D eigenvalue weighted by Crippen LogP contribution is 2.57. The lowest BCUT2D eigenvalue weighted by Crippen LogP contribution is -2.69. The first-order valence-electron chi connectivity index (χ1n) is 10.5. The van der Waals surface area contributed by atoms with Crippen molar-refractivity contribution < 1.29 is 4.74 Å². The average molecular weight is 478 g/mol. The van der Waals surface area contributed by atoms with Crippen LogP contribution in [0, 0.1) is 5.41 Å². The van der Waals surface area contributed by atoms with Gasteiger partial charge in [-0.3, -0.25) is 4.99 Å². The van der Waals surface area contributed by atoms with Gasteiger partial charge in [-0.15, -0.1) is 24.0 Å². The van der Waals surface area contributed by atoms with E-state index in [9.17, 15) is 0 Å². The van der Waals surface area contributed by atoms with Crippen LogP contribution in [0.2, 0.25) is 0 Å². The molecule has 152 valence electrons. The fourth-order valence-corrected chi connectivity index (χ4v) is 4.85. The molecule has 2 unspecified atom stereocenters. The number of nitrogens with zero attached hydrogens (tertiary/aromatic N) is 2. The van der Waals surface area contributed by atoms with Crippen molar-refractivity contribution in [3.8, 4) is 0 Å². The summed E-state index contributed by atoms with van der Waals surface area (Å²) in [4.78, 5) is 7.30. The summed E-state index contributed by atoms with van der Waals surface area (Å²) >= 11 is 0. The fraction of sp³-hybridized carbons (Fsp3) is 0.950. The topological polar surface area (TPSA) is 48.9 Å². The van der Waals surface area contributed by atoms with Gasteiger partial charge < -0.3 is 20.3 Å². The molecule has 1 spiro atoms. The third-order valence-corrected chi connectivity index (χ3v) is 6.67. The quantitative estimate of drug-likeness (QED) is 0.349. The summed E-state index contributed by atoms with van der Waals surface area (Å²) in [6, 6.07) is 1.74. The van der Waals surface area contributed by atoms with Crippen molar-refractivity contribution in [2.75, 3.05) is 26.2 Å². The second kappa shape index (κ2) is 9.92. The van der Waals surface area contributed by atoms with Crippen LogP contribution in [0.4, 0.5) is 0 Å². The highest BCUT2D eigenvalue weighted by molar-refractivity contribution is 14.0. The summed E-state index contributed by atoms with van der Waals surface area (Å²) < 4.78 is 5.99. The van der Waals surface area contributed by atoms with Crippen molar-refractivity contribution in [3.05, 3.63) is 0 Å². The maximum absolute atomic E-state index is 5.99. The van der Waals surface area contributed by atoms with Gasteiger partial charge in [-0.05, 0) is 59.8 Å². The van der Waals surface area contributed by atoms with Gasteiger partial charge in [-0.25, -0.2) is 0 Å². The van der Waals surface area contributed by atoms with Crippen molar-refractivity contribution in [1.29, 1.82) is 0 Å². The number of ether oxygens (including phenoxy) is 1. The molecule has 2 aliphatic carbocycles. The Kier molecular flexibility index (Phi) is 8.47. The molecule has 6 heteroatoms. The van der Waals surface area contributed by atoms with Crippen molar-refractivity contribution in [2.24, 2.45) is 10.4 Å². The van der Waals surface area contributed by atoms with Crippen molar-refractivity contribution in [2.45, 2.75) is 90.4 Å². The lowest BCUT2D eigenvalue weighted by atomic mass is 9.51. The monoisotopic (exact) mass is 478 g/mol. The van der Waals surface area contributed by atoms with E-state index in [2.05, 4.69) is 43.2 Å². The van der Waals surface area contributed by atoms with Gasteiger partial charge in [-0.2, -0.15) is 0 Å². The largest absolute Gasteiger partial charge is 0.378 e. The van der Waals surface area contributed by atoms with Crippen molar-refractivity contribution in [1.82, 2.24) is 15.5 Å². The third kappa shape index (κ3) is 4.66. The normalized spacial score (nSPS) is 29.0. The van der Waals surface area contributed by atoms with Crippen LogP contribution in [0.25, 0.3) is 0 Å². The van der Waals surface area contributed by atoms with Crippen LogP contribution >= 0.6 is 24.0 Å². The highest BCUT2D eigenvalue weighted by atomic mass is 127. The Balaban J connectivity index is 0.00000243. The van der Waals surface area contributed by atoms with Gasteiger partial charge in [0, 0.05) is 49.8 Å². The Bertz CT molecular complexity index is 459. The van der Waals surface area contributed by atoms with Crippen LogP contribution in [-0.4, -0.2) is 61.3 Å². The van der Waals surface area contributed by atoms with Crippen LogP contribution in [0.15, 0.2) is 4.99 Å². The van der Waals surface area contributed by atoms with Crippen LogP contribution in [0.1, 0.15) is 66.2 Å². The molecule has 2 saturated carbocycles. The molecule has 5 nitrogen and oxygen atoms in total. The van der Waals surface area contributed by atoms with E-state index in [-0.39, 0.29) is 24.0 Å². The number of rotatable bonds is 6. The molecular formula is C20H39IN4O. The number of hydrogen-bond donors (Lipinski definition) is 2. The first-order valence-corrected chi connectivity index (χ1v) is 10.5. The molecular weight excluding hydrogens is 439 g/mol. The SMILES string of the molecule is CCN=C(NC1CCN(C(C)C)CC1)NC1CC(OCC)C12CCC2.I. The molecule has 0 aromatic rings. The van der Waals surface area contributed by atoms with Gasteiger partial charge in [-0.1, -0.05) is 6.42 Å². The molecule has 1 aliphatic heterocycles. The Labute approximate surface area is 177 Å². The van der Waals surface area contributed by atoms with Gasteiger partial charge in [0.1, 0.15) is 0 Å². The Hall–Kier alpha value is -0.0800. The Morgan fingerprint density at radius 1 is 1.19 bits per heavy atom. The minimum atomic E-state index is 0. The molecule has 0 radical (unpaired) electrons. The fourth-order valence-electron chi connectivity index (χ4n) is 4.85. The zero-order valence-electron chi connectivity index (χ0n) is 17.1. The first-order chi connectivity index (χ1) is 12.1. The lowest BCUT2D eigenvalue weighted by molar-refractivity contribution is -0.168. The summed E-state index contributed by atoms with van der Waals surface area (Å²) in [5.74, 6) is 1.02. The molecule has 0 aromatic carbocycles. The second-order valence-corrected chi connectivity index (χ2v) is 8.33. The third-order valence-electron chi connectivity index (χ3n) is 6.67. The maximum atomic E-state index is 5.99. The van der Waals surface area contributed by atoms with Crippen LogP contribution in [0.5, 0.6) is 0 Å². The minimum Gasteiger partial charge on any atom is -0.378 e. The van der Waals surface area contributed by atoms with E-state index in [1.165, 1.54) is 45.2 Å². The van der Waals surface area contributed by atoms with E-state index >= 15 is 0 Å². The number of piperidine rings is 1. The highest BCUT2D eigenvalue weighted by Gasteiger charge is 2.59. The Morgan fingerprint density at radius 3 is 2.38 bits per heavy atom. The smallest absolute Gasteiger partial charge is 0.191 e. The standard InChI is InChI=1S/C20H38N4O.HI/c1-5-21-19(22-16-8-12-24(13-9-16)15(3)4)23-17-14-18(25-6-2)20(17)10-7-11-20;/h15-18H,5-14H2,1-4H3,(H2,21,22,23);1H. The summed E-state index contributed by atoms with van der Waals surface area (Å²) in [7, 11) is 0. The molecule has 26 heavy (non-hydrogen) atoms. The molecule has 0 aromatic heterocycles. The molecule has 1 heterocycles. The van der Waals surface area contributed by atoms with E-state index in [0.717, 1.165) is 25.5 Å². The second-order valence-electron chi connectivity index (χ2n) is 8.33. The van der Waals surface area contributed by atoms with Crippen LogP contribution in [-0.2, 0) is 4.74 Å². The van der Waals surface area contributed by atoms with E-state index in [1.54, 1.807) is 0 Å². The predicted molar refractivity (Wildman–Crippen MR) is 119 cm³/mol.